The Hall–Kier alpha value is -1.97. The van der Waals surface area contributed by atoms with Gasteiger partial charge in [0.2, 0.25) is 0 Å². The minimum atomic E-state index is -3.96. The lowest BCUT2D eigenvalue weighted by atomic mass is 10.2. The molecule has 1 rings (SSSR count). The fourth-order valence-electron chi connectivity index (χ4n) is 0.997. The van der Waals surface area contributed by atoms with Crippen molar-refractivity contribution in [3.63, 3.8) is 0 Å². The molecule has 0 aliphatic heterocycles. The summed E-state index contributed by atoms with van der Waals surface area (Å²) in [5.74, 6) is -2.73. The molecule has 0 fully saturated rings. The van der Waals surface area contributed by atoms with Gasteiger partial charge in [-0.05, 0) is 19.1 Å². The van der Waals surface area contributed by atoms with Gasteiger partial charge in [0, 0.05) is 0 Å². The number of nitrogens with one attached hydrogen (secondary N) is 3. The van der Waals surface area contributed by atoms with Crippen LogP contribution in [0.15, 0.2) is 29.2 Å². The van der Waals surface area contributed by atoms with Crippen molar-refractivity contribution >= 4 is 21.8 Å². The number of amides is 2. The number of hydrogen-bond acceptors (Lipinski definition) is 5. The smallest absolute Gasteiger partial charge is 0.288 e. The van der Waals surface area contributed by atoms with E-state index in [1.54, 1.807) is 29.3 Å². The van der Waals surface area contributed by atoms with E-state index in [-0.39, 0.29) is 4.90 Å². The van der Waals surface area contributed by atoms with E-state index in [0.29, 0.717) is 0 Å². The molecule has 0 saturated carbocycles. The minimum Gasteiger partial charge on any atom is -0.288 e. The van der Waals surface area contributed by atoms with E-state index in [4.69, 9.17) is 5.21 Å². The molecule has 9 heteroatoms. The van der Waals surface area contributed by atoms with Crippen LogP contribution < -0.4 is 15.7 Å². The van der Waals surface area contributed by atoms with Crippen LogP contribution >= 0.6 is 0 Å². The van der Waals surface area contributed by atoms with Crippen molar-refractivity contribution in [2.75, 3.05) is 0 Å². The number of benzene rings is 1. The second-order valence-electron chi connectivity index (χ2n) is 3.31. The summed E-state index contributed by atoms with van der Waals surface area (Å²) in [5, 5.41) is 8.14. The summed E-state index contributed by atoms with van der Waals surface area (Å²) in [7, 11) is -3.96. The normalized spacial score (nSPS) is 10.8. The van der Waals surface area contributed by atoms with Crippen LogP contribution in [0.2, 0.25) is 0 Å². The molecular formula is C9H11N3O5S. The number of aryl methyl sites for hydroxylation is 1. The molecule has 0 atom stereocenters. The zero-order valence-corrected chi connectivity index (χ0v) is 10.1. The molecule has 0 radical (unpaired) electrons. The van der Waals surface area contributed by atoms with Gasteiger partial charge in [0.15, 0.2) is 0 Å². The molecule has 2 amide bonds. The van der Waals surface area contributed by atoms with Crippen LogP contribution in [0.4, 0.5) is 0 Å². The van der Waals surface area contributed by atoms with Crippen molar-refractivity contribution in [1.82, 2.24) is 15.7 Å². The van der Waals surface area contributed by atoms with Crippen molar-refractivity contribution in [2.45, 2.75) is 11.8 Å². The van der Waals surface area contributed by atoms with Crippen LogP contribution in [-0.2, 0) is 19.6 Å². The van der Waals surface area contributed by atoms with E-state index < -0.39 is 21.8 Å². The molecule has 0 saturated heterocycles. The van der Waals surface area contributed by atoms with E-state index in [2.05, 4.69) is 0 Å². The minimum absolute atomic E-state index is 0.0715. The zero-order valence-electron chi connectivity index (χ0n) is 9.30. The van der Waals surface area contributed by atoms with Gasteiger partial charge in [0.25, 0.3) is 10.0 Å². The molecule has 98 valence electrons. The van der Waals surface area contributed by atoms with E-state index >= 15 is 0 Å². The Kier molecular flexibility index (Phi) is 4.37. The van der Waals surface area contributed by atoms with E-state index in [1.165, 1.54) is 12.1 Å². The van der Waals surface area contributed by atoms with E-state index in [0.717, 1.165) is 11.0 Å². The summed E-state index contributed by atoms with van der Waals surface area (Å²) in [5.41, 5.74) is 3.57. The SMILES string of the molecule is Cc1ccc(S(=O)(=O)NNC(=O)C(=O)NO)cc1. The van der Waals surface area contributed by atoms with Gasteiger partial charge >= 0.3 is 11.8 Å². The predicted molar refractivity (Wildman–Crippen MR) is 59.6 cm³/mol. The number of hydroxylamine groups is 1. The maximum atomic E-state index is 11.6. The molecule has 0 heterocycles. The Morgan fingerprint density at radius 3 is 2.17 bits per heavy atom. The van der Waals surface area contributed by atoms with Crippen LogP contribution in [0.3, 0.4) is 0 Å². The Morgan fingerprint density at radius 1 is 1.11 bits per heavy atom. The van der Waals surface area contributed by atoms with Crippen molar-refractivity contribution in [3.8, 4) is 0 Å². The lowest BCUT2D eigenvalue weighted by Crippen LogP contribution is -2.47. The predicted octanol–water partition coefficient (Wildman–Crippen LogP) is -1.19. The number of carbonyl (C=O) groups excluding carboxylic acids is 2. The molecule has 0 aliphatic carbocycles. The van der Waals surface area contributed by atoms with Crippen LogP contribution in [0.25, 0.3) is 0 Å². The highest BCUT2D eigenvalue weighted by molar-refractivity contribution is 7.89. The van der Waals surface area contributed by atoms with Gasteiger partial charge in [-0.25, -0.2) is 13.9 Å². The molecule has 0 aromatic heterocycles. The van der Waals surface area contributed by atoms with Gasteiger partial charge in [-0.1, -0.05) is 17.7 Å². The quantitative estimate of drug-likeness (QED) is 0.313. The first kappa shape index (κ1) is 14.1. The Bertz CT molecular complexity index is 552. The van der Waals surface area contributed by atoms with Crippen molar-refractivity contribution in [3.05, 3.63) is 29.8 Å². The fourth-order valence-corrected chi connectivity index (χ4v) is 1.84. The first-order valence-corrected chi connectivity index (χ1v) is 6.18. The van der Waals surface area contributed by atoms with Gasteiger partial charge in [-0.3, -0.25) is 20.2 Å². The summed E-state index contributed by atoms with van der Waals surface area (Å²) < 4.78 is 23.3. The lowest BCUT2D eigenvalue weighted by Gasteiger charge is -2.07. The van der Waals surface area contributed by atoms with Gasteiger partial charge in [0.1, 0.15) is 0 Å². The first-order valence-electron chi connectivity index (χ1n) is 4.69. The zero-order chi connectivity index (χ0) is 13.8. The molecule has 1 aromatic rings. The van der Waals surface area contributed by atoms with Crippen LogP contribution in [0.1, 0.15) is 5.56 Å². The van der Waals surface area contributed by atoms with Gasteiger partial charge in [-0.15, -0.1) is 4.83 Å². The third kappa shape index (κ3) is 3.52. The van der Waals surface area contributed by atoms with E-state index in [1.807, 2.05) is 0 Å². The second kappa shape index (κ2) is 5.58. The molecule has 8 nitrogen and oxygen atoms in total. The van der Waals surface area contributed by atoms with Crippen LogP contribution in [0, 0.1) is 6.92 Å². The van der Waals surface area contributed by atoms with Crippen LogP contribution in [0.5, 0.6) is 0 Å². The number of rotatable bonds is 3. The van der Waals surface area contributed by atoms with Crippen LogP contribution in [-0.4, -0.2) is 25.4 Å². The molecule has 1 aromatic carbocycles. The van der Waals surface area contributed by atoms with Gasteiger partial charge in [0.05, 0.1) is 4.90 Å². The van der Waals surface area contributed by atoms with Gasteiger partial charge in [-0.2, -0.15) is 0 Å². The molecule has 0 aliphatic rings. The number of carbonyl (C=O) groups is 2. The highest BCUT2D eigenvalue weighted by Crippen LogP contribution is 2.08. The largest absolute Gasteiger partial charge is 0.334 e. The maximum Gasteiger partial charge on any atom is 0.334 e. The number of hydrogen-bond donors (Lipinski definition) is 4. The summed E-state index contributed by atoms with van der Waals surface area (Å²) in [6.45, 7) is 1.79. The summed E-state index contributed by atoms with van der Waals surface area (Å²) in [6.07, 6.45) is 0. The summed E-state index contributed by atoms with van der Waals surface area (Å²) >= 11 is 0. The van der Waals surface area contributed by atoms with Crippen molar-refractivity contribution < 1.29 is 23.2 Å². The van der Waals surface area contributed by atoms with Gasteiger partial charge < -0.3 is 0 Å². The monoisotopic (exact) mass is 273 g/mol. The number of sulfonamides is 1. The number of hydrazine groups is 1. The molecule has 18 heavy (non-hydrogen) atoms. The summed E-state index contributed by atoms with van der Waals surface area (Å²) in [4.78, 5) is 23.1. The molecule has 0 spiro atoms. The summed E-state index contributed by atoms with van der Waals surface area (Å²) in [6, 6.07) is 5.85. The standard InChI is InChI=1S/C9H11N3O5S/c1-6-2-4-7(5-3-6)18(16,17)12-10-8(13)9(14)11-15/h2-5,12,15H,1H3,(H,10,13)(H,11,14). The average Bonchev–Trinajstić information content (AvgIpc) is 2.35. The molecule has 0 bridgehead atoms. The Balaban J connectivity index is 2.74. The molecular weight excluding hydrogens is 262 g/mol. The molecule has 4 N–H and O–H groups in total. The van der Waals surface area contributed by atoms with Crippen molar-refractivity contribution in [2.24, 2.45) is 0 Å². The lowest BCUT2D eigenvalue weighted by molar-refractivity contribution is -0.144. The Morgan fingerprint density at radius 2 is 1.67 bits per heavy atom. The van der Waals surface area contributed by atoms with E-state index in [9.17, 15) is 18.0 Å². The topological polar surface area (TPSA) is 125 Å². The highest BCUT2D eigenvalue weighted by atomic mass is 32.2. The third-order valence-electron chi connectivity index (χ3n) is 1.94. The second-order valence-corrected chi connectivity index (χ2v) is 5.00. The van der Waals surface area contributed by atoms with Crippen molar-refractivity contribution in [1.29, 1.82) is 0 Å². The molecule has 0 unspecified atom stereocenters. The average molecular weight is 273 g/mol. The Labute approximate surface area is 103 Å². The first-order chi connectivity index (χ1) is 8.36. The third-order valence-corrected chi connectivity index (χ3v) is 3.20. The highest BCUT2D eigenvalue weighted by Gasteiger charge is 2.18. The maximum absolute atomic E-state index is 11.6. The fraction of sp³-hybridized carbons (Fsp3) is 0.111.